The van der Waals surface area contributed by atoms with Gasteiger partial charge < -0.3 is 10.2 Å². The number of aliphatic hydroxyl groups excluding tert-OH is 2. The van der Waals surface area contributed by atoms with Gasteiger partial charge in [0.25, 0.3) is 10.1 Å². The highest BCUT2D eigenvalue weighted by Gasteiger charge is 2.36. The molecule has 3 N–H and O–H groups in total. The number of aliphatic hydroxyl groups is 2. The maximum atomic E-state index is 12.9. The Hall–Kier alpha value is -1.29. The van der Waals surface area contributed by atoms with E-state index in [0.29, 0.717) is 31.9 Å². The average molecular weight is 504 g/mol. The lowest BCUT2D eigenvalue weighted by Crippen LogP contribution is -2.40. The fourth-order valence-corrected chi connectivity index (χ4v) is 5.12. The molecule has 0 saturated heterocycles. The van der Waals surface area contributed by atoms with Crippen molar-refractivity contribution in [1.82, 2.24) is 4.90 Å². The molecule has 0 aromatic carbocycles. The molecule has 1 unspecified atom stereocenters. The topological polar surface area (TPSA) is 118 Å². The summed E-state index contributed by atoms with van der Waals surface area (Å²) in [5.41, 5.74) is 0. The van der Waals surface area contributed by atoms with Gasteiger partial charge in [0.2, 0.25) is 5.78 Å². The third-order valence-electron chi connectivity index (χ3n) is 6.25. The minimum atomic E-state index is -4.29. The van der Waals surface area contributed by atoms with Crippen LogP contribution in [0.3, 0.4) is 0 Å². The van der Waals surface area contributed by atoms with Gasteiger partial charge in [-0.3, -0.25) is 18.8 Å². The summed E-state index contributed by atoms with van der Waals surface area (Å²) in [6, 6.07) is 0. The second-order valence-electron chi connectivity index (χ2n) is 9.38. The van der Waals surface area contributed by atoms with Gasteiger partial charge in [0.15, 0.2) is 0 Å². The second-order valence-corrected chi connectivity index (χ2v) is 10.9. The summed E-state index contributed by atoms with van der Waals surface area (Å²) in [5, 5.41) is 19.3. The first-order valence-electron chi connectivity index (χ1n) is 13.0. The van der Waals surface area contributed by atoms with Crippen LogP contribution in [0.2, 0.25) is 0 Å². The monoisotopic (exact) mass is 503 g/mol. The average Bonchev–Trinajstić information content (AvgIpc) is 3.14. The first-order chi connectivity index (χ1) is 16.3. The lowest BCUT2D eigenvalue weighted by molar-refractivity contribution is -0.525. The van der Waals surface area contributed by atoms with Gasteiger partial charge in [0.05, 0.1) is 6.61 Å². The molecule has 34 heavy (non-hydrogen) atoms. The molecule has 198 valence electrons. The zero-order chi connectivity index (χ0) is 25.2. The van der Waals surface area contributed by atoms with Crippen LogP contribution in [0.1, 0.15) is 89.9 Å². The van der Waals surface area contributed by atoms with E-state index in [1.54, 1.807) is 9.48 Å². The summed E-state index contributed by atoms with van der Waals surface area (Å²) < 4.78 is 32.6. The molecule has 0 saturated carbocycles. The predicted molar refractivity (Wildman–Crippen MR) is 136 cm³/mol. The summed E-state index contributed by atoms with van der Waals surface area (Å²) in [6.07, 6.45) is 16.7. The number of allylic oxidation sites excluding steroid dienone is 1. The molecule has 1 aliphatic heterocycles. The maximum Gasteiger partial charge on any atom is 0.316 e. The lowest BCUT2D eigenvalue weighted by Gasteiger charge is -2.13. The largest absolute Gasteiger partial charge is 0.392 e. The number of hydrogen-bond donors (Lipinski definition) is 3. The van der Waals surface area contributed by atoms with Gasteiger partial charge in [-0.2, -0.15) is 8.42 Å². The van der Waals surface area contributed by atoms with E-state index in [1.807, 2.05) is 6.08 Å². The van der Waals surface area contributed by atoms with Gasteiger partial charge in [0.1, 0.15) is 38.0 Å². The number of carbonyl (C=O) groups excluding carboxylic acids is 1. The summed E-state index contributed by atoms with van der Waals surface area (Å²) >= 11 is 0. The molecule has 1 rings (SSSR count). The van der Waals surface area contributed by atoms with Gasteiger partial charge >= 0.3 is 5.84 Å². The van der Waals surface area contributed by atoms with E-state index in [1.165, 1.54) is 57.8 Å². The molecule has 0 fully saturated rings. The van der Waals surface area contributed by atoms with Crippen LogP contribution >= 0.6 is 0 Å². The predicted octanol–water partition coefficient (Wildman–Crippen LogP) is 3.17. The Kier molecular flexibility index (Phi) is 16.3. The molecule has 0 spiro atoms. The van der Waals surface area contributed by atoms with Crippen LogP contribution in [0.25, 0.3) is 0 Å². The van der Waals surface area contributed by atoms with Gasteiger partial charge in [-0.15, -0.1) is 6.58 Å². The van der Waals surface area contributed by atoms with Gasteiger partial charge in [-0.05, 0) is 19.3 Å². The molecule has 9 heteroatoms. The fraction of sp³-hybridized carbons (Fsp3) is 0.840. The minimum absolute atomic E-state index is 0.0434. The Labute approximate surface area is 206 Å². The van der Waals surface area contributed by atoms with E-state index in [0.717, 1.165) is 25.7 Å². The molecule has 8 nitrogen and oxygen atoms in total. The smallest absolute Gasteiger partial charge is 0.316 e. The normalized spacial score (nSPS) is 15.2. The number of rotatable bonds is 22. The molecule has 1 aliphatic rings. The van der Waals surface area contributed by atoms with E-state index < -0.39 is 22.0 Å². The summed E-state index contributed by atoms with van der Waals surface area (Å²) in [6.45, 7) is 4.95. The molecular formula is C25H47N2O6S+. The van der Waals surface area contributed by atoms with Crippen LogP contribution in [0.5, 0.6) is 0 Å². The maximum absolute atomic E-state index is 12.9. The SMILES string of the molecule is C=CCCCCCCCCCCCCCCC(=O)C1=[N+](CC(O)CS(=O)(=O)O)CCN1CCO. The highest BCUT2D eigenvalue weighted by molar-refractivity contribution is 7.85. The van der Waals surface area contributed by atoms with Gasteiger partial charge in [0, 0.05) is 6.42 Å². The molecule has 0 bridgehead atoms. The Balaban J connectivity index is 2.27. The van der Waals surface area contributed by atoms with Gasteiger partial charge in [-0.1, -0.05) is 70.3 Å². The zero-order valence-corrected chi connectivity index (χ0v) is 21.7. The minimum Gasteiger partial charge on any atom is -0.392 e. The molecule has 0 aliphatic carbocycles. The number of carbonyl (C=O) groups is 1. The van der Waals surface area contributed by atoms with Crippen molar-refractivity contribution in [2.45, 2.75) is 96.0 Å². The first-order valence-corrected chi connectivity index (χ1v) is 14.6. The third-order valence-corrected chi connectivity index (χ3v) is 7.06. The van der Waals surface area contributed by atoms with Crippen molar-refractivity contribution >= 4 is 21.7 Å². The number of β-amino-alcohol motifs (C(OH)–C–C–N with tert-alkyl or cyclic N) is 2. The van der Waals surface area contributed by atoms with Crippen LogP contribution in [-0.4, -0.2) is 88.9 Å². The number of hydrogen-bond acceptors (Lipinski definition) is 6. The Morgan fingerprint density at radius 3 is 2.03 bits per heavy atom. The summed E-state index contributed by atoms with van der Waals surface area (Å²) in [5.74, 6) is -0.369. The van der Waals surface area contributed by atoms with E-state index >= 15 is 0 Å². The van der Waals surface area contributed by atoms with Crippen LogP contribution in [0.4, 0.5) is 0 Å². The number of Topliss-reactive ketones (excluding diaryl/α,β-unsaturated/α-hetero) is 1. The number of nitrogens with zero attached hydrogens (tertiary/aromatic N) is 2. The van der Waals surface area contributed by atoms with Crippen molar-refractivity contribution in [1.29, 1.82) is 0 Å². The van der Waals surface area contributed by atoms with Crippen LogP contribution in [0.15, 0.2) is 12.7 Å². The summed E-state index contributed by atoms with van der Waals surface area (Å²) in [7, 11) is -4.29. The van der Waals surface area contributed by atoms with Crippen LogP contribution in [-0.2, 0) is 14.9 Å². The highest BCUT2D eigenvalue weighted by atomic mass is 32.2. The number of unbranched alkanes of at least 4 members (excludes halogenated alkanes) is 12. The lowest BCUT2D eigenvalue weighted by atomic mass is 10.0. The third kappa shape index (κ3) is 14.2. The summed E-state index contributed by atoms with van der Waals surface area (Å²) in [4.78, 5) is 14.7. The van der Waals surface area contributed by atoms with E-state index in [4.69, 9.17) is 4.55 Å². The van der Waals surface area contributed by atoms with Crippen LogP contribution in [0, 0.1) is 0 Å². The zero-order valence-electron chi connectivity index (χ0n) is 20.9. The molecule has 0 radical (unpaired) electrons. The number of amidine groups is 1. The highest BCUT2D eigenvalue weighted by Crippen LogP contribution is 2.14. The molecular weight excluding hydrogens is 456 g/mol. The van der Waals surface area contributed by atoms with Crippen molar-refractivity contribution in [2.24, 2.45) is 0 Å². The van der Waals surface area contributed by atoms with Crippen molar-refractivity contribution in [2.75, 3.05) is 38.5 Å². The molecule has 0 aromatic heterocycles. The fourth-order valence-electron chi connectivity index (χ4n) is 4.53. The van der Waals surface area contributed by atoms with Crippen molar-refractivity contribution in [3.05, 3.63) is 12.7 Å². The van der Waals surface area contributed by atoms with E-state index in [-0.39, 0.29) is 18.9 Å². The van der Waals surface area contributed by atoms with Crippen LogP contribution < -0.4 is 0 Å². The molecule has 1 heterocycles. The Bertz CT molecular complexity index is 723. The Morgan fingerprint density at radius 1 is 1.00 bits per heavy atom. The Morgan fingerprint density at radius 2 is 1.53 bits per heavy atom. The van der Waals surface area contributed by atoms with E-state index in [9.17, 15) is 23.4 Å². The quantitative estimate of drug-likeness (QED) is 0.0899. The second kappa shape index (κ2) is 18.0. The molecule has 0 aromatic rings. The van der Waals surface area contributed by atoms with E-state index in [2.05, 4.69) is 6.58 Å². The van der Waals surface area contributed by atoms with Crippen molar-refractivity contribution in [3.63, 3.8) is 0 Å². The number of ketones is 1. The first kappa shape index (κ1) is 30.7. The van der Waals surface area contributed by atoms with Crippen molar-refractivity contribution < 1.29 is 32.6 Å². The molecule has 1 atom stereocenters. The van der Waals surface area contributed by atoms with Gasteiger partial charge in [-0.25, -0.2) is 0 Å². The molecule has 0 amide bonds. The standard InChI is InChI=1S/C25H46N2O6S/c1-2-3-4-5-6-7-8-9-10-11-12-13-14-15-16-24(30)25-26(19-20-28)17-18-27(25)21-23(29)22-34(31,32)33/h2,23,28-29H,1,3-22H2/p+1. The van der Waals surface area contributed by atoms with Crippen molar-refractivity contribution in [3.8, 4) is 0 Å².